The van der Waals surface area contributed by atoms with Gasteiger partial charge in [0, 0.05) is 6.20 Å². The number of ether oxygens (including phenoxy) is 2. The second kappa shape index (κ2) is 4.72. The predicted molar refractivity (Wildman–Crippen MR) is 69.2 cm³/mol. The van der Waals surface area contributed by atoms with Gasteiger partial charge >= 0.3 is 5.97 Å². The summed E-state index contributed by atoms with van der Waals surface area (Å²) < 4.78 is 10.7. The molecule has 2 heterocycles. The van der Waals surface area contributed by atoms with Crippen molar-refractivity contribution < 1.29 is 14.3 Å². The summed E-state index contributed by atoms with van der Waals surface area (Å²) in [5.74, 6) is 0.663. The lowest BCUT2D eigenvalue weighted by Crippen LogP contribution is -2.17. The third-order valence-corrected chi connectivity index (χ3v) is 3.23. The van der Waals surface area contributed by atoms with Crippen LogP contribution < -0.4 is 4.74 Å². The Bertz CT molecular complexity index is 624. The van der Waals surface area contributed by atoms with Crippen molar-refractivity contribution in [3.05, 3.63) is 53.9 Å². The van der Waals surface area contributed by atoms with Crippen LogP contribution in [0.5, 0.6) is 11.5 Å². The summed E-state index contributed by atoms with van der Waals surface area (Å²) in [5.41, 5.74) is 1.61. The molecule has 0 amide bonds. The number of hydrogen-bond donors (Lipinski definition) is 0. The highest BCUT2D eigenvalue weighted by molar-refractivity contribution is 5.79. The summed E-state index contributed by atoms with van der Waals surface area (Å²) in [6.45, 7) is 0. The minimum atomic E-state index is -0.426. The van der Waals surface area contributed by atoms with Gasteiger partial charge in [-0.15, -0.1) is 0 Å². The molecule has 1 atom stereocenters. The fraction of sp³-hybridized carbons (Fsp3) is 0.200. The zero-order valence-corrected chi connectivity index (χ0v) is 10.5. The number of pyridine rings is 1. The molecule has 2 aromatic rings. The number of carbonyl (C=O) groups is 1. The van der Waals surface area contributed by atoms with Crippen molar-refractivity contribution in [3.63, 3.8) is 0 Å². The molecule has 1 aliphatic rings. The SMILES string of the molecule is COC(=O)C1Cc2ccccc2Oc2cccnc21. The van der Waals surface area contributed by atoms with Crippen LogP contribution >= 0.6 is 0 Å². The van der Waals surface area contributed by atoms with Crippen molar-refractivity contribution in [1.82, 2.24) is 4.98 Å². The van der Waals surface area contributed by atoms with E-state index >= 15 is 0 Å². The lowest BCUT2D eigenvalue weighted by molar-refractivity contribution is -0.142. The average molecular weight is 255 g/mol. The Hall–Kier alpha value is -2.36. The predicted octanol–water partition coefficient (Wildman–Crippen LogP) is 2.69. The van der Waals surface area contributed by atoms with E-state index in [9.17, 15) is 4.79 Å². The number of aromatic nitrogens is 1. The molecule has 3 rings (SSSR count). The first-order valence-electron chi connectivity index (χ1n) is 6.08. The summed E-state index contributed by atoms with van der Waals surface area (Å²) in [6, 6.07) is 11.3. The third-order valence-electron chi connectivity index (χ3n) is 3.23. The Balaban J connectivity index is 2.14. The molecular formula is C15H13NO3. The number of carbonyl (C=O) groups excluding carboxylic acids is 1. The van der Waals surface area contributed by atoms with Crippen LogP contribution in [0.3, 0.4) is 0 Å². The minimum absolute atomic E-state index is 0.291. The van der Waals surface area contributed by atoms with E-state index in [4.69, 9.17) is 9.47 Å². The number of methoxy groups -OCH3 is 1. The van der Waals surface area contributed by atoms with Gasteiger partial charge in [0.1, 0.15) is 17.4 Å². The second-order valence-electron chi connectivity index (χ2n) is 4.38. The van der Waals surface area contributed by atoms with Crippen LogP contribution in [0, 0.1) is 0 Å². The number of esters is 1. The van der Waals surface area contributed by atoms with Gasteiger partial charge in [-0.05, 0) is 30.2 Å². The molecule has 1 aromatic carbocycles. The number of rotatable bonds is 1. The summed E-state index contributed by atoms with van der Waals surface area (Å²) in [4.78, 5) is 16.3. The Kier molecular flexibility index (Phi) is 2.91. The van der Waals surface area contributed by atoms with Crippen LogP contribution in [0.2, 0.25) is 0 Å². The van der Waals surface area contributed by atoms with Crippen LogP contribution in [-0.4, -0.2) is 18.1 Å². The number of fused-ring (bicyclic) bond motifs is 2. The molecule has 1 unspecified atom stereocenters. The van der Waals surface area contributed by atoms with Crippen molar-refractivity contribution in [2.45, 2.75) is 12.3 Å². The van der Waals surface area contributed by atoms with E-state index in [1.165, 1.54) is 7.11 Å². The van der Waals surface area contributed by atoms with E-state index < -0.39 is 5.92 Å². The van der Waals surface area contributed by atoms with Crippen LogP contribution in [0.1, 0.15) is 17.2 Å². The van der Waals surface area contributed by atoms with E-state index in [0.717, 1.165) is 11.3 Å². The fourth-order valence-electron chi connectivity index (χ4n) is 2.30. The molecule has 0 saturated carbocycles. The van der Waals surface area contributed by atoms with Crippen LogP contribution in [0.15, 0.2) is 42.6 Å². The highest BCUT2D eigenvalue weighted by atomic mass is 16.5. The topological polar surface area (TPSA) is 48.4 Å². The van der Waals surface area contributed by atoms with E-state index in [1.54, 1.807) is 12.3 Å². The van der Waals surface area contributed by atoms with Gasteiger partial charge < -0.3 is 9.47 Å². The molecule has 1 aliphatic heterocycles. The zero-order chi connectivity index (χ0) is 13.2. The highest BCUT2D eigenvalue weighted by Gasteiger charge is 2.30. The van der Waals surface area contributed by atoms with Crippen molar-refractivity contribution >= 4 is 5.97 Å². The molecular weight excluding hydrogens is 242 g/mol. The first kappa shape index (κ1) is 11.7. The van der Waals surface area contributed by atoms with E-state index in [-0.39, 0.29) is 5.97 Å². The van der Waals surface area contributed by atoms with E-state index in [1.807, 2.05) is 30.3 Å². The third kappa shape index (κ3) is 2.05. The summed E-state index contributed by atoms with van der Waals surface area (Å²) in [6.07, 6.45) is 2.20. The highest BCUT2D eigenvalue weighted by Crippen LogP contribution is 2.38. The van der Waals surface area contributed by atoms with E-state index in [2.05, 4.69) is 4.98 Å². The molecule has 0 aliphatic carbocycles. The first-order valence-corrected chi connectivity index (χ1v) is 6.08. The Labute approximate surface area is 111 Å². The van der Waals surface area contributed by atoms with Crippen molar-refractivity contribution in [2.24, 2.45) is 0 Å². The quantitative estimate of drug-likeness (QED) is 0.735. The van der Waals surface area contributed by atoms with Crippen LogP contribution in [0.4, 0.5) is 0 Å². The maximum absolute atomic E-state index is 12.0. The van der Waals surface area contributed by atoms with Gasteiger partial charge in [-0.2, -0.15) is 0 Å². The summed E-state index contributed by atoms with van der Waals surface area (Å²) >= 11 is 0. The standard InChI is InChI=1S/C15H13NO3/c1-18-15(17)11-9-10-5-2-3-6-12(10)19-13-7-4-8-16-14(11)13/h2-8,11H,9H2,1H3. The van der Waals surface area contributed by atoms with Gasteiger partial charge in [-0.3, -0.25) is 9.78 Å². The molecule has 0 N–H and O–H groups in total. The molecule has 0 saturated heterocycles. The van der Waals surface area contributed by atoms with E-state index in [0.29, 0.717) is 17.9 Å². The molecule has 1 aromatic heterocycles. The van der Waals surface area contributed by atoms with Crippen LogP contribution in [0.25, 0.3) is 0 Å². The van der Waals surface area contributed by atoms with Gasteiger partial charge in [0.2, 0.25) is 0 Å². The molecule has 0 fully saturated rings. The molecule has 96 valence electrons. The number of nitrogens with zero attached hydrogens (tertiary/aromatic N) is 1. The number of hydrogen-bond acceptors (Lipinski definition) is 4. The molecule has 0 radical (unpaired) electrons. The Morgan fingerprint density at radius 3 is 2.89 bits per heavy atom. The molecule has 4 nitrogen and oxygen atoms in total. The van der Waals surface area contributed by atoms with Crippen molar-refractivity contribution in [1.29, 1.82) is 0 Å². The molecule has 0 bridgehead atoms. The Morgan fingerprint density at radius 2 is 2.05 bits per heavy atom. The normalized spacial score (nSPS) is 16.6. The lowest BCUT2D eigenvalue weighted by atomic mass is 9.96. The number of benzene rings is 1. The van der Waals surface area contributed by atoms with Crippen molar-refractivity contribution in [3.8, 4) is 11.5 Å². The monoisotopic (exact) mass is 255 g/mol. The van der Waals surface area contributed by atoms with Gasteiger partial charge in [0.05, 0.1) is 12.8 Å². The van der Waals surface area contributed by atoms with Gasteiger partial charge in [0.15, 0.2) is 0 Å². The van der Waals surface area contributed by atoms with Gasteiger partial charge in [-0.25, -0.2) is 0 Å². The smallest absolute Gasteiger partial charge is 0.315 e. The fourth-order valence-corrected chi connectivity index (χ4v) is 2.30. The Morgan fingerprint density at radius 1 is 1.26 bits per heavy atom. The average Bonchev–Trinajstić information content (AvgIpc) is 2.62. The largest absolute Gasteiger partial charge is 0.468 e. The molecule has 4 heteroatoms. The van der Waals surface area contributed by atoms with Gasteiger partial charge in [-0.1, -0.05) is 18.2 Å². The summed E-state index contributed by atoms with van der Waals surface area (Å²) in [5, 5.41) is 0. The molecule has 19 heavy (non-hydrogen) atoms. The molecule has 0 spiro atoms. The second-order valence-corrected chi connectivity index (χ2v) is 4.38. The summed E-state index contributed by atoms with van der Waals surface area (Å²) in [7, 11) is 1.39. The first-order chi connectivity index (χ1) is 9.29. The van der Waals surface area contributed by atoms with Crippen molar-refractivity contribution in [2.75, 3.05) is 7.11 Å². The number of para-hydroxylation sites is 1. The maximum atomic E-state index is 12.0. The van der Waals surface area contributed by atoms with Crippen LogP contribution in [-0.2, 0) is 16.0 Å². The maximum Gasteiger partial charge on any atom is 0.315 e. The lowest BCUT2D eigenvalue weighted by Gasteiger charge is -2.12. The minimum Gasteiger partial charge on any atom is -0.468 e. The zero-order valence-electron chi connectivity index (χ0n) is 10.5. The van der Waals surface area contributed by atoms with Gasteiger partial charge in [0.25, 0.3) is 0 Å².